The molecule has 1 atom stereocenters. The molecule has 0 fully saturated rings. The third kappa shape index (κ3) is 4.29. The zero-order chi connectivity index (χ0) is 22.7. The van der Waals surface area contributed by atoms with Gasteiger partial charge in [0.25, 0.3) is 5.91 Å². The monoisotopic (exact) mass is 432 g/mol. The summed E-state index contributed by atoms with van der Waals surface area (Å²) in [5.74, 6) is -0.943. The number of carbonyl (C=O) groups excluding carboxylic acids is 3. The van der Waals surface area contributed by atoms with E-state index in [9.17, 15) is 14.4 Å². The van der Waals surface area contributed by atoms with Crippen LogP contribution in [-0.2, 0) is 11.3 Å². The topological polar surface area (TPSA) is 68.6 Å². The van der Waals surface area contributed by atoms with Crippen LogP contribution in [0, 0.1) is 13.8 Å². The Morgan fingerprint density at radius 1 is 1.10 bits per heavy atom. The van der Waals surface area contributed by atoms with E-state index < -0.39 is 12.0 Å². The van der Waals surface area contributed by atoms with Gasteiger partial charge in [0.1, 0.15) is 5.69 Å². The maximum atomic E-state index is 13.5. The number of ketones is 1. The van der Waals surface area contributed by atoms with Gasteiger partial charge in [0.05, 0.1) is 13.2 Å². The van der Waals surface area contributed by atoms with Crippen LogP contribution in [0.3, 0.4) is 0 Å². The van der Waals surface area contributed by atoms with Crippen molar-refractivity contribution in [3.63, 3.8) is 0 Å². The summed E-state index contributed by atoms with van der Waals surface area (Å²) >= 11 is 5.94. The highest BCUT2D eigenvalue weighted by molar-refractivity contribution is 6.30. The smallest absolute Gasteiger partial charge is 0.354 e. The molecule has 0 spiro atoms. The number of benzene rings is 1. The molecular formula is C23H29ClN2O4. The van der Waals surface area contributed by atoms with Crippen molar-refractivity contribution in [2.24, 2.45) is 0 Å². The van der Waals surface area contributed by atoms with Gasteiger partial charge in [-0.3, -0.25) is 9.59 Å². The van der Waals surface area contributed by atoms with Crippen molar-refractivity contribution in [1.82, 2.24) is 9.47 Å². The van der Waals surface area contributed by atoms with Crippen LogP contribution in [0.4, 0.5) is 0 Å². The van der Waals surface area contributed by atoms with Crippen LogP contribution in [0.15, 0.2) is 24.3 Å². The second-order valence-corrected chi connectivity index (χ2v) is 7.96. The zero-order valence-corrected chi connectivity index (χ0v) is 19.3. The summed E-state index contributed by atoms with van der Waals surface area (Å²) in [6, 6.07) is 5.67. The van der Waals surface area contributed by atoms with E-state index in [1.165, 1.54) is 7.11 Å². The number of amides is 1. The van der Waals surface area contributed by atoms with Gasteiger partial charge in [-0.1, -0.05) is 11.6 Å². The Hall–Kier alpha value is -2.60. The number of aromatic nitrogens is 1. The molecule has 30 heavy (non-hydrogen) atoms. The Morgan fingerprint density at radius 2 is 1.67 bits per heavy atom. The molecule has 0 aliphatic rings. The highest BCUT2D eigenvalue weighted by Gasteiger charge is 2.34. The predicted molar refractivity (Wildman–Crippen MR) is 117 cm³/mol. The number of halogens is 1. The third-order valence-corrected chi connectivity index (χ3v) is 5.64. The van der Waals surface area contributed by atoms with Gasteiger partial charge in [0, 0.05) is 34.4 Å². The minimum absolute atomic E-state index is 0.207. The lowest BCUT2D eigenvalue weighted by molar-refractivity contribution is 0.0565. The van der Waals surface area contributed by atoms with Crippen LogP contribution < -0.4 is 0 Å². The molecule has 6 nitrogen and oxygen atoms in total. The lowest BCUT2D eigenvalue weighted by Crippen LogP contribution is -2.47. The van der Waals surface area contributed by atoms with E-state index in [4.69, 9.17) is 16.3 Å². The fourth-order valence-corrected chi connectivity index (χ4v) is 4.07. The van der Waals surface area contributed by atoms with E-state index in [1.54, 1.807) is 47.6 Å². The molecule has 0 radical (unpaired) electrons. The van der Waals surface area contributed by atoms with Crippen molar-refractivity contribution < 1.29 is 19.1 Å². The summed E-state index contributed by atoms with van der Waals surface area (Å²) < 4.78 is 6.69. The molecule has 0 saturated carbocycles. The number of hydrogen-bond acceptors (Lipinski definition) is 4. The number of methoxy groups -OCH3 is 1. The summed E-state index contributed by atoms with van der Waals surface area (Å²) in [7, 11) is 1.32. The molecule has 0 aliphatic heterocycles. The Morgan fingerprint density at radius 3 is 2.13 bits per heavy atom. The minimum Gasteiger partial charge on any atom is -0.464 e. The van der Waals surface area contributed by atoms with E-state index in [0.717, 1.165) is 0 Å². The SMILES string of the molecule is CCn1c(C)c(C(=O)C(C)N(C(=O)c2ccc(Cl)cc2)C(C)C)c(C)c1C(=O)OC. The predicted octanol–water partition coefficient (Wildman–Crippen LogP) is 4.69. The molecule has 0 N–H and O–H groups in total. The van der Waals surface area contributed by atoms with Gasteiger partial charge in [-0.15, -0.1) is 0 Å². The lowest BCUT2D eigenvalue weighted by atomic mass is 9.98. The summed E-state index contributed by atoms with van der Waals surface area (Å²) in [5.41, 5.74) is 2.55. The zero-order valence-electron chi connectivity index (χ0n) is 18.6. The second kappa shape index (κ2) is 9.47. The van der Waals surface area contributed by atoms with Gasteiger partial charge in [-0.25, -0.2) is 4.79 Å². The van der Waals surface area contributed by atoms with E-state index in [0.29, 0.717) is 39.6 Å². The van der Waals surface area contributed by atoms with Crippen molar-refractivity contribution in [2.75, 3.05) is 7.11 Å². The molecule has 162 valence electrons. The van der Waals surface area contributed by atoms with E-state index in [-0.39, 0.29) is 17.7 Å². The number of Topliss-reactive ketones (excluding diaryl/α,β-unsaturated/α-hetero) is 1. The van der Waals surface area contributed by atoms with Crippen LogP contribution >= 0.6 is 11.6 Å². The van der Waals surface area contributed by atoms with Crippen molar-refractivity contribution >= 4 is 29.3 Å². The molecule has 1 amide bonds. The Balaban J connectivity index is 2.50. The first-order valence-corrected chi connectivity index (χ1v) is 10.3. The van der Waals surface area contributed by atoms with E-state index in [1.807, 2.05) is 27.7 Å². The van der Waals surface area contributed by atoms with Crippen molar-refractivity contribution in [3.8, 4) is 0 Å². The summed E-state index contributed by atoms with van der Waals surface area (Å²) in [4.78, 5) is 40.6. The first kappa shape index (κ1) is 23.7. The van der Waals surface area contributed by atoms with Crippen LogP contribution in [0.2, 0.25) is 5.02 Å². The molecular weight excluding hydrogens is 404 g/mol. The average Bonchev–Trinajstić information content (AvgIpc) is 2.96. The van der Waals surface area contributed by atoms with Gasteiger partial charge in [0.2, 0.25) is 0 Å². The maximum absolute atomic E-state index is 13.5. The summed E-state index contributed by atoms with van der Waals surface area (Å²) in [5, 5.41) is 0.536. The second-order valence-electron chi connectivity index (χ2n) is 7.52. The number of rotatable bonds is 7. The van der Waals surface area contributed by atoms with Crippen LogP contribution in [0.25, 0.3) is 0 Å². The van der Waals surface area contributed by atoms with Crippen molar-refractivity contribution in [1.29, 1.82) is 0 Å². The number of hydrogen-bond donors (Lipinski definition) is 0. The van der Waals surface area contributed by atoms with Gasteiger partial charge < -0.3 is 14.2 Å². The average molecular weight is 433 g/mol. The summed E-state index contributed by atoms with van der Waals surface area (Å²) in [6.07, 6.45) is 0. The first-order chi connectivity index (χ1) is 14.1. The van der Waals surface area contributed by atoms with Gasteiger partial charge in [0.15, 0.2) is 5.78 Å². The van der Waals surface area contributed by atoms with Crippen LogP contribution in [-0.4, -0.2) is 46.3 Å². The molecule has 0 bridgehead atoms. The molecule has 0 aliphatic carbocycles. The highest BCUT2D eigenvalue weighted by Crippen LogP contribution is 2.27. The number of nitrogens with zero attached hydrogens (tertiary/aromatic N) is 2. The lowest BCUT2D eigenvalue weighted by Gasteiger charge is -2.32. The summed E-state index contributed by atoms with van der Waals surface area (Å²) in [6.45, 7) is 11.4. The highest BCUT2D eigenvalue weighted by atomic mass is 35.5. The Kier molecular flexibility index (Phi) is 7.48. The fraction of sp³-hybridized carbons (Fsp3) is 0.435. The van der Waals surface area contributed by atoms with E-state index in [2.05, 4.69) is 0 Å². The molecule has 2 rings (SSSR count). The molecule has 1 aromatic carbocycles. The minimum atomic E-state index is -0.719. The number of ether oxygens (including phenoxy) is 1. The number of carbonyl (C=O) groups is 3. The third-order valence-electron chi connectivity index (χ3n) is 5.39. The standard InChI is InChI=1S/C23H29ClN2O4/c1-8-25-15(5)19(14(4)20(25)23(29)30-7)21(27)16(6)26(13(2)3)22(28)17-9-11-18(24)12-10-17/h9-13,16H,8H2,1-7H3. The van der Waals surface area contributed by atoms with Crippen molar-refractivity contribution in [2.45, 2.75) is 60.2 Å². The Bertz CT molecular complexity index is 961. The normalized spacial score (nSPS) is 12.0. The van der Waals surface area contributed by atoms with Gasteiger partial charge in [-0.2, -0.15) is 0 Å². The Labute approximate surface area is 182 Å². The maximum Gasteiger partial charge on any atom is 0.354 e. The first-order valence-electron chi connectivity index (χ1n) is 9.97. The molecule has 1 aromatic heterocycles. The van der Waals surface area contributed by atoms with Gasteiger partial charge >= 0.3 is 5.97 Å². The largest absolute Gasteiger partial charge is 0.464 e. The van der Waals surface area contributed by atoms with E-state index >= 15 is 0 Å². The van der Waals surface area contributed by atoms with Crippen LogP contribution in [0.1, 0.15) is 70.2 Å². The molecule has 0 saturated heterocycles. The fourth-order valence-electron chi connectivity index (χ4n) is 3.95. The quantitative estimate of drug-likeness (QED) is 0.470. The molecule has 1 heterocycles. The van der Waals surface area contributed by atoms with Gasteiger partial charge in [-0.05, 0) is 71.4 Å². The van der Waals surface area contributed by atoms with Crippen molar-refractivity contribution in [3.05, 3.63) is 57.4 Å². The molecule has 2 aromatic rings. The van der Waals surface area contributed by atoms with Crippen LogP contribution in [0.5, 0.6) is 0 Å². The molecule has 7 heteroatoms. The molecule has 1 unspecified atom stereocenters. The number of esters is 1.